The average molecular weight is 368 g/mol. The summed E-state index contributed by atoms with van der Waals surface area (Å²) in [7, 11) is 0. The van der Waals surface area contributed by atoms with Crippen LogP contribution in [0.5, 0.6) is 0 Å². The summed E-state index contributed by atoms with van der Waals surface area (Å²) in [6, 6.07) is 0.301. The molecule has 1 aliphatic heterocycles. The van der Waals surface area contributed by atoms with Gasteiger partial charge in [0, 0.05) is 23.7 Å². The molecule has 0 radical (unpaired) electrons. The number of aromatic nitrogens is 4. The molecule has 0 atom stereocenters. The Balaban J connectivity index is 1.46. The SMILES string of the molecule is Cc1cnn(C2CCCC2)c1NC(=O)N1Cc2cnc(CC(C)C)nc2C1. The Morgan fingerprint density at radius 1 is 1.26 bits per heavy atom. The molecule has 0 bridgehead atoms. The van der Waals surface area contributed by atoms with E-state index in [0.29, 0.717) is 25.0 Å². The molecule has 0 aromatic carbocycles. The van der Waals surface area contributed by atoms with Crippen LogP contribution in [0.2, 0.25) is 0 Å². The number of hydrogen-bond donors (Lipinski definition) is 1. The molecule has 1 N–H and O–H groups in total. The van der Waals surface area contributed by atoms with Crippen molar-refractivity contribution in [2.24, 2.45) is 5.92 Å². The molecule has 2 aromatic heterocycles. The fourth-order valence-corrected chi connectivity index (χ4v) is 4.01. The number of urea groups is 1. The third-order valence-electron chi connectivity index (χ3n) is 5.46. The maximum absolute atomic E-state index is 12.9. The molecule has 2 aliphatic rings. The number of amides is 2. The first-order valence-corrected chi connectivity index (χ1v) is 9.95. The topological polar surface area (TPSA) is 75.9 Å². The fourth-order valence-electron chi connectivity index (χ4n) is 4.01. The molecule has 1 aliphatic carbocycles. The Bertz CT molecular complexity index is 837. The van der Waals surface area contributed by atoms with Gasteiger partial charge in [0.2, 0.25) is 0 Å². The number of fused-ring (bicyclic) bond motifs is 1. The minimum absolute atomic E-state index is 0.0961. The molecule has 144 valence electrons. The molecule has 0 saturated heterocycles. The van der Waals surface area contributed by atoms with Crippen LogP contribution in [0, 0.1) is 12.8 Å². The maximum Gasteiger partial charge on any atom is 0.323 e. The summed E-state index contributed by atoms with van der Waals surface area (Å²) in [5.74, 6) is 2.21. The molecule has 27 heavy (non-hydrogen) atoms. The smallest absolute Gasteiger partial charge is 0.314 e. The predicted octanol–water partition coefficient (Wildman–Crippen LogP) is 3.84. The number of hydrogen-bond acceptors (Lipinski definition) is 4. The molecule has 1 saturated carbocycles. The highest BCUT2D eigenvalue weighted by Crippen LogP contribution is 2.33. The zero-order valence-electron chi connectivity index (χ0n) is 16.4. The van der Waals surface area contributed by atoms with Gasteiger partial charge in [-0.15, -0.1) is 0 Å². The van der Waals surface area contributed by atoms with Crippen LogP contribution in [0.1, 0.15) is 68.2 Å². The second kappa shape index (κ2) is 7.29. The van der Waals surface area contributed by atoms with Crippen LogP contribution in [0.15, 0.2) is 12.4 Å². The molecule has 0 spiro atoms. The summed E-state index contributed by atoms with van der Waals surface area (Å²) >= 11 is 0. The molecule has 7 heteroatoms. The summed E-state index contributed by atoms with van der Waals surface area (Å²) in [4.78, 5) is 23.8. The van der Waals surface area contributed by atoms with Crippen molar-refractivity contribution in [3.05, 3.63) is 35.0 Å². The van der Waals surface area contributed by atoms with E-state index in [1.54, 1.807) is 4.90 Å². The standard InChI is InChI=1S/C20H28N6O/c1-13(2)8-18-21-10-15-11-25(12-17(15)23-18)20(27)24-19-14(3)9-22-26(19)16-6-4-5-7-16/h9-10,13,16H,4-8,11-12H2,1-3H3,(H,24,27). The third kappa shape index (κ3) is 3.68. The first-order chi connectivity index (χ1) is 13.0. The highest BCUT2D eigenvalue weighted by Gasteiger charge is 2.28. The number of nitrogens with one attached hydrogen (secondary N) is 1. The van der Waals surface area contributed by atoms with Gasteiger partial charge in [0.25, 0.3) is 0 Å². The molecule has 2 aromatic rings. The van der Waals surface area contributed by atoms with E-state index >= 15 is 0 Å². The van der Waals surface area contributed by atoms with Crippen molar-refractivity contribution in [2.45, 2.75) is 72.0 Å². The van der Waals surface area contributed by atoms with Gasteiger partial charge in [-0.3, -0.25) is 5.32 Å². The van der Waals surface area contributed by atoms with E-state index < -0.39 is 0 Å². The second-order valence-electron chi connectivity index (χ2n) is 8.20. The van der Waals surface area contributed by atoms with Gasteiger partial charge in [0.15, 0.2) is 0 Å². The van der Waals surface area contributed by atoms with Crippen LogP contribution >= 0.6 is 0 Å². The lowest BCUT2D eigenvalue weighted by Gasteiger charge is -2.19. The van der Waals surface area contributed by atoms with E-state index in [9.17, 15) is 4.79 Å². The minimum atomic E-state index is -0.0961. The van der Waals surface area contributed by atoms with E-state index in [2.05, 4.69) is 34.2 Å². The Morgan fingerprint density at radius 3 is 2.78 bits per heavy atom. The molecule has 0 unspecified atom stereocenters. The molecular formula is C20H28N6O. The van der Waals surface area contributed by atoms with Gasteiger partial charge in [-0.25, -0.2) is 19.4 Å². The second-order valence-corrected chi connectivity index (χ2v) is 8.20. The largest absolute Gasteiger partial charge is 0.323 e. The van der Waals surface area contributed by atoms with E-state index in [1.807, 2.05) is 24.0 Å². The Kier molecular flexibility index (Phi) is 4.85. The van der Waals surface area contributed by atoms with Crippen molar-refractivity contribution >= 4 is 11.8 Å². The maximum atomic E-state index is 12.9. The van der Waals surface area contributed by atoms with Crippen molar-refractivity contribution in [3.63, 3.8) is 0 Å². The number of nitrogens with zero attached hydrogens (tertiary/aromatic N) is 5. The average Bonchev–Trinajstić information content (AvgIpc) is 3.34. The van der Waals surface area contributed by atoms with Gasteiger partial charge >= 0.3 is 6.03 Å². The monoisotopic (exact) mass is 368 g/mol. The zero-order valence-corrected chi connectivity index (χ0v) is 16.4. The van der Waals surface area contributed by atoms with E-state index in [1.165, 1.54) is 12.8 Å². The highest BCUT2D eigenvalue weighted by atomic mass is 16.2. The normalized spacial score (nSPS) is 17.0. The van der Waals surface area contributed by atoms with Crippen molar-refractivity contribution in [1.29, 1.82) is 0 Å². The molecule has 2 amide bonds. The first-order valence-electron chi connectivity index (χ1n) is 9.95. The van der Waals surface area contributed by atoms with Crippen molar-refractivity contribution in [1.82, 2.24) is 24.6 Å². The summed E-state index contributed by atoms with van der Waals surface area (Å²) < 4.78 is 2.00. The van der Waals surface area contributed by atoms with Crippen molar-refractivity contribution < 1.29 is 4.79 Å². The minimum Gasteiger partial charge on any atom is -0.314 e. The molecule has 1 fully saturated rings. The molecule has 3 heterocycles. The van der Waals surface area contributed by atoms with Gasteiger partial charge in [-0.2, -0.15) is 5.10 Å². The van der Waals surface area contributed by atoms with E-state index in [0.717, 1.165) is 47.7 Å². The number of aryl methyl sites for hydroxylation is 1. The van der Waals surface area contributed by atoms with Crippen molar-refractivity contribution in [3.8, 4) is 0 Å². The lowest BCUT2D eigenvalue weighted by Crippen LogP contribution is -2.31. The highest BCUT2D eigenvalue weighted by molar-refractivity contribution is 5.89. The van der Waals surface area contributed by atoms with Gasteiger partial charge in [-0.1, -0.05) is 26.7 Å². The summed E-state index contributed by atoms with van der Waals surface area (Å²) in [6.45, 7) is 7.40. The Morgan fingerprint density at radius 2 is 2.04 bits per heavy atom. The zero-order chi connectivity index (χ0) is 19.0. The van der Waals surface area contributed by atoms with Crippen LogP contribution in [-0.4, -0.2) is 30.7 Å². The molecule has 7 nitrogen and oxygen atoms in total. The molecular weight excluding hydrogens is 340 g/mol. The van der Waals surface area contributed by atoms with Crippen LogP contribution in [0.25, 0.3) is 0 Å². The Labute approximate surface area is 160 Å². The number of carbonyl (C=O) groups excluding carboxylic acids is 1. The quantitative estimate of drug-likeness (QED) is 0.889. The van der Waals surface area contributed by atoms with Gasteiger partial charge in [0.05, 0.1) is 31.0 Å². The van der Waals surface area contributed by atoms with E-state index in [4.69, 9.17) is 0 Å². The third-order valence-corrected chi connectivity index (χ3v) is 5.46. The van der Waals surface area contributed by atoms with Gasteiger partial charge in [-0.05, 0) is 25.7 Å². The lowest BCUT2D eigenvalue weighted by molar-refractivity contribution is 0.212. The number of anilines is 1. The summed E-state index contributed by atoms with van der Waals surface area (Å²) in [5.41, 5.74) is 3.02. The van der Waals surface area contributed by atoms with Crippen molar-refractivity contribution in [2.75, 3.05) is 5.32 Å². The fraction of sp³-hybridized carbons (Fsp3) is 0.600. The Hall–Kier alpha value is -2.44. The van der Waals surface area contributed by atoms with Crippen LogP contribution in [0.3, 0.4) is 0 Å². The number of carbonyl (C=O) groups is 1. The first kappa shape index (κ1) is 17.9. The van der Waals surface area contributed by atoms with E-state index in [-0.39, 0.29) is 6.03 Å². The van der Waals surface area contributed by atoms with Crippen LogP contribution < -0.4 is 5.32 Å². The summed E-state index contributed by atoms with van der Waals surface area (Å²) in [5, 5.41) is 7.62. The predicted molar refractivity (Wildman–Crippen MR) is 103 cm³/mol. The van der Waals surface area contributed by atoms with Crippen LogP contribution in [0.4, 0.5) is 10.6 Å². The van der Waals surface area contributed by atoms with Crippen LogP contribution in [-0.2, 0) is 19.5 Å². The van der Waals surface area contributed by atoms with Gasteiger partial charge < -0.3 is 4.90 Å². The number of rotatable bonds is 4. The lowest BCUT2D eigenvalue weighted by atomic mass is 10.1. The summed E-state index contributed by atoms with van der Waals surface area (Å²) in [6.07, 6.45) is 9.31. The van der Waals surface area contributed by atoms with Gasteiger partial charge in [0.1, 0.15) is 11.6 Å². The molecule has 4 rings (SSSR count).